The molecule has 2 aromatic heterocycles. The van der Waals surface area contributed by atoms with Gasteiger partial charge in [-0.1, -0.05) is 31.2 Å². The predicted molar refractivity (Wildman–Crippen MR) is 90.7 cm³/mol. The van der Waals surface area contributed by atoms with Gasteiger partial charge in [0.15, 0.2) is 0 Å². The SMILES string of the molecule is CCc1nncn1[C@@H]1CCN(C(=O)c2ccc3ccccc3n2)C1. The lowest BCUT2D eigenvalue weighted by Crippen LogP contribution is -2.30. The van der Waals surface area contributed by atoms with Crippen molar-refractivity contribution in [2.24, 2.45) is 0 Å². The number of rotatable bonds is 3. The molecule has 1 aliphatic heterocycles. The highest BCUT2D eigenvalue weighted by Gasteiger charge is 2.29. The molecular weight excluding hydrogens is 302 g/mol. The maximum Gasteiger partial charge on any atom is 0.272 e. The van der Waals surface area contributed by atoms with Crippen molar-refractivity contribution in [3.63, 3.8) is 0 Å². The molecule has 1 atom stereocenters. The summed E-state index contributed by atoms with van der Waals surface area (Å²) in [5, 5.41) is 9.18. The third-order valence-electron chi connectivity index (χ3n) is 4.62. The smallest absolute Gasteiger partial charge is 0.272 e. The van der Waals surface area contributed by atoms with Gasteiger partial charge in [0.2, 0.25) is 0 Å². The van der Waals surface area contributed by atoms with Crippen molar-refractivity contribution < 1.29 is 4.79 Å². The molecule has 0 aliphatic carbocycles. The Kier molecular flexibility index (Phi) is 3.72. The molecule has 6 nitrogen and oxygen atoms in total. The fourth-order valence-corrected chi connectivity index (χ4v) is 3.33. The van der Waals surface area contributed by atoms with Crippen LogP contribution >= 0.6 is 0 Å². The molecular formula is C18H19N5O. The number of fused-ring (bicyclic) bond motifs is 1. The van der Waals surface area contributed by atoms with Gasteiger partial charge >= 0.3 is 0 Å². The van der Waals surface area contributed by atoms with Crippen LogP contribution in [-0.2, 0) is 6.42 Å². The summed E-state index contributed by atoms with van der Waals surface area (Å²) in [5.41, 5.74) is 1.36. The summed E-state index contributed by atoms with van der Waals surface area (Å²) < 4.78 is 2.10. The van der Waals surface area contributed by atoms with E-state index in [1.54, 1.807) is 6.33 Å². The zero-order valence-electron chi connectivity index (χ0n) is 13.6. The number of carbonyl (C=O) groups is 1. The first-order chi connectivity index (χ1) is 11.8. The lowest BCUT2D eigenvalue weighted by molar-refractivity contribution is 0.0782. The van der Waals surface area contributed by atoms with Crippen molar-refractivity contribution >= 4 is 16.8 Å². The van der Waals surface area contributed by atoms with Crippen LogP contribution in [0.1, 0.15) is 35.7 Å². The second kappa shape index (κ2) is 6.03. The first kappa shape index (κ1) is 14.8. The maximum absolute atomic E-state index is 12.8. The van der Waals surface area contributed by atoms with Crippen LogP contribution in [0.25, 0.3) is 10.9 Å². The third kappa shape index (κ3) is 2.54. The highest BCUT2D eigenvalue weighted by Crippen LogP contribution is 2.24. The summed E-state index contributed by atoms with van der Waals surface area (Å²) in [5.74, 6) is 0.965. The number of hydrogen-bond donors (Lipinski definition) is 0. The Balaban J connectivity index is 1.54. The number of nitrogens with zero attached hydrogens (tertiary/aromatic N) is 5. The number of benzene rings is 1. The Morgan fingerprint density at radius 2 is 2.12 bits per heavy atom. The van der Waals surface area contributed by atoms with Crippen molar-refractivity contribution in [2.45, 2.75) is 25.8 Å². The fourth-order valence-electron chi connectivity index (χ4n) is 3.33. The van der Waals surface area contributed by atoms with E-state index in [9.17, 15) is 4.79 Å². The number of para-hydroxylation sites is 1. The first-order valence-corrected chi connectivity index (χ1v) is 8.29. The Hall–Kier alpha value is -2.76. The molecule has 0 bridgehead atoms. The summed E-state index contributed by atoms with van der Waals surface area (Å²) in [6.07, 6.45) is 3.53. The van der Waals surface area contributed by atoms with Crippen molar-refractivity contribution in [3.8, 4) is 0 Å². The summed E-state index contributed by atoms with van der Waals surface area (Å²) in [6, 6.07) is 11.9. The number of aromatic nitrogens is 4. The lowest BCUT2D eigenvalue weighted by Gasteiger charge is -2.17. The lowest BCUT2D eigenvalue weighted by atomic mass is 10.2. The summed E-state index contributed by atoms with van der Waals surface area (Å²) in [4.78, 5) is 19.2. The number of likely N-dealkylation sites (tertiary alicyclic amines) is 1. The van der Waals surface area contributed by atoms with Crippen molar-refractivity contribution in [3.05, 3.63) is 54.2 Å². The second-order valence-electron chi connectivity index (χ2n) is 6.09. The predicted octanol–water partition coefficient (Wildman–Crippen LogP) is 2.48. The van der Waals surface area contributed by atoms with E-state index in [4.69, 9.17) is 0 Å². The number of amides is 1. The molecule has 0 unspecified atom stereocenters. The molecule has 1 fully saturated rings. The van der Waals surface area contributed by atoms with Crippen LogP contribution in [0, 0.1) is 0 Å². The van der Waals surface area contributed by atoms with Crippen molar-refractivity contribution in [1.29, 1.82) is 0 Å². The van der Waals surface area contributed by atoms with Gasteiger partial charge in [-0.25, -0.2) is 4.98 Å². The fraction of sp³-hybridized carbons (Fsp3) is 0.333. The molecule has 0 saturated carbocycles. The summed E-state index contributed by atoms with van der Waals surface area (Å²) in [6.45, 7) is 3.48. The molecule has 122 valence electrons. The van der Waals surface area contributed by atoms with E-state index >= 15 is 0 Å². The van der Waals surface area contributed by atoms with E-state index in [-0.39, 0.29) is 11.9 Å². The molecule has 0 N–H and O–H groups in total. The molecule has 1 aliphatic rings. The minimum absolute atomic E-state index is 0.00521. The minimum Gasteiger partial charge on any atom is -0.335 e. The number of hydrogen-bond acceptors (Lipinski definition) is 4. The van der Waals surface area contributed by atoms with Crippen molar-refractivity contribution in [1.82, 2.24) is 24.6 Å². The van der Waals surface area contributed by atoms with E-state index in [2.05, 4.69) is 26.7 Å². The molecule has 6 heteroatoms. The van der Waals surface area contributed by atoms with Crippen LogP contribution in [0.5, 0.6) is 0 Å². The molecule has 3 heterocycles. The van der Waals surface area contributed by atoms with E-state index in [1.807, 2.05) is 41.3 Å². The third-order valence-corrected chi connectivity index (χ3v) is 4.62. The monoisotopic (exact) mass is 321 g/mol. The molecule has 4 rings (SSSR count). The van der Waals surface area contributed by atoms with E-state index in [0.29, 0.717) is 12.2 Å². The zero-order chi connectivity index (χ0) is 16.5. The topological polar surface area (TPSA) is 63.9 Å². The van der Waals surface area contributed by atoms with Crippen LogP contribution < -0.4 is 0 Å². The molecule has 1 saturated heterocycles. The number of carbonyl (C=O) groups excluding carboxylic acids is 1. The highest BCUT2D eigenvalue weighted by atomic mass is 16.2. The van der Waals surface area contributed by atoms with Gasteiger partial charge in [-0.15, -0.1) is 10.2 Å². The van der Waals surface area contributed by atoms with Gasteiger partial charge in [-0.2, -0.15) is 0 Å². The summed E-state index contributed by atoms with van der Waals surface area (Å²) >= 11 is 0. The summed E-state index contributed by atoms with van der Waals surface area (Å²) in [7, 11) is 0. The Labute approximate surface area is 140 Å². The van der Waals surface area contributed by atoms with Crippen LogP contribution in [0.15, 0.2) is 42.7 Å². The molecule has 0 radical (unpaired) electrons. The van der Waals surface area contributed by atoms with Crippen LogP contribution in [-0.4, -0.2) is 43.6 Å². The highest BCUT2D eigenvalue weighted by molar-refractivity contribution is 5.95. The Bertz CT molecular complexity index is 888. The average Bonchev–Trinajstić information content (AvgIpc) is 3.29. The molecule has 1 amide bonds. The average molecular weight is 321 g/mol. The van der Waals surface area contributed by atoms with Gasteiger partial charge in [-0.05, 0) is 18.6 Å². The molecule has 3 aromatic rings. The standard InChI is InChI=1S/C18H19N5O/c1-2-17-21-19-12-23(17)14-9-10-22(11-14)18(24)16-8-7-13-5-3-4-6-15(13)20-16/h3-8,12,14H,2,9-11H2,1H3/t14-/m1/s1. The van der Waals surface area contributed by atoms with Gasteiger partial charge in [-0.3, -0.25) is 4.79 Å². The zero-order valence-corrected chi connectivity index (χ0v) is 13.6. The van der Waals surface area contributed by atoms with Crippen molar-refractivity contribution in [2.75, 3.05) is 13.1 Å². The van der Waals surface area contributed by atoms with E-state index in [0.717, 1.165) is 36.1 Å². The quantitative estimate of drug-likeness (QED) is 0.743. The normalized spacial score (nSPS) is 17.5. The maximum atomic E-state index is 12.8. The van der Waals surface area contributed by atoms with Gasteiger partial charge in [0.25, 0.3) is 5.91 Å². The molecule has 1 aromatic carbocycles. The molecule has 0 spiro atoms. The Morgan fingerprint density at radius 3 is 3.00 bits per heavy atom. The largest absolute Gasteiger partial charge is 0.335 e. The van der Waals surface area contributed by atoms with E-state index < -0.39 is 0 Å². The minimum atomic E-state index is -0.00521. The number of aryl methyl sites for hydroxylation is 1. The van der Waals surface area contributed by atoms with Crippen LogP contribution in [0.4, 0.5) is 0 Å². The van der Waals surface area contributed by atoms with Crippen LogP contribution in [0.3, 0.4) is 0 Å². The van der Waals surface area contributed by atoms with Gasteiger partial charge < -0.3 is 9.47 Å². The Morgan fingerprint density at radius 1 is 1.25 bits per heavy atom. The van der Waals surface area contributed by atoms with Crippen LogP contribution in [0.2, 0.25) is 0 Å². The van der Waals surface area contributed by atoms with Gasteiger partial charge in [0.1, 0.15) is 17.8 Å². The second-order valence-corrected chi connectivity index (χ2v) is 6.09. The number of pyridine rings is 1. The van der Waals surface area contributed by atoms with Gasteiger partial charge in [0.05, 0.1) is 11.6 Å². The first-order valence-electron chi connectivity index (χ1n) is 8.29. The van der Waals surface area contributed by atoms with E-state index in [1.165, 1.54) is 0 Å². The molecule has 24 heavy (non-hydrogen) atoms. The van der Waals surface area contributed by atoms with Gasteiger partial charge in [0, 0.05) is 24.9 Å².